The van der Waals surface area contributed by atoms with E-state index in [2.05, 4.69) is 4.98 Å². The zero-order valence-electron chi connectivity index (χ0n) is 14.2. The molecule has 1 saturated heterocycles. The molecular formula is C16H17BN3O6S-. The van der Waals surface area contributed by atoms with E-state index in [1.807, 2.05) is 0 Å². The van der Waals surface area contributed by atoms with Crippen LogP contribution in [0, 0.1) is 5.41 Å². The minimum atomic E-state index is -3.07. The van der Waals surface area contributed by atoms with Crippen LogP contribution >= 0.6 is 11.3 Å². The fraction of sp³-hybridized carbons (Fsp3) is 0.312. The van der Waals surface area contributed by atoms with Gasteiger partial charge in [-0.2, -0.15) is 0 Å². The van der Waals surface area contributed by atoms with Crippen LogP contribution in [0.25, 0.3) is 0 Å². The second kappa shape index (κ2) is 6.52. The maximum Gasteiger partial charge on any atom is 0.430 e. The molecular weight excluding hydrogens is 373 g/mol. The molecule has 142 valence electrons. The van der Waals surface area contributed by atoms with Crippen molar-refractivity contribution in [3.05, 3.63) is 39.8 Å². The van der Waals surface area contributed by atoms with Crippen molar-refractivity contribution in [2.45, 2.75) is 18.8 Å². The van der Waals surface area contributed by atoms with E-state index >= 15 is 0 Å². The van der Waals surface area contributed by atoms with Crippen LogP contribution in [0.2, 0.25) is 6.32 Å². The predicted molar refractivity (Wildman–Crippen MR) is 97.7 cm³/mol. The average Bonchev–Trinajstić information content (AvgIpc) is 3.10. The number of carbonyl (C=O) groups is 1. The van der Waals surface area contributed by atoms with Crippen molar-refractivity contribution in [1.29, 1.82) is 5.41 Å². The van der Waals surface area contributed by atoms with E-state index in [9.17, 15) is 19.9 Å². The van der Waals surface area contributed by atoms with Crippen molar-refractivity contribution in [1.82, 2.24) is 9.88 Å². The van der Waals surface area contributed by atoms with Crippen LogP contribution in [-0.2, 0) is 6.42 Å². The summed E-state index contributed by atoms with van der Waals surface area (Å²) in [6.07, 6.45) is 1.68. The summed E-state index contributed by atoms with van der Waals surface area (Å²) in [6.45, 7) is -2.20. The summed E-state index contributed by atoms with van der Waals surface area (Å²) >= 11 is 1.38. The topological polar surface area (TPSA) is 136 Å². The number of hydrogen-bond donors (Lipinski definition) is 4. The second-order valence-electron chi connectivity index (χ2n) is 6.58. The zero-order valence-corrected chi connectivity index (χ0v) is 15.0. The zero-order chi connectivity index (χ0) is 19.2. The van der Waals surface area contributed by atoms with Crippen LogP contribution in [0.3, 0.4) is 0 Å². The van der Waals surface area contributed by atoms with Crippen molar-refractivity contribution in [3.8, 4) is 11.5 Å². The molecule has 1 aromatic heterocycles. The van der Waals surface area contributed by atoms with Gasteiger partial charge < -0.3 is 29.4 Å². The normalized spacial score (nSPS) is 18.2. The molecule has 0 aliphatic carbocycles. The number of rotatable bonds is 4. The van der Waals surface area contributed by atoms with E-state index in [-0.39, 0.29) is 29.5 Å². The summed E-state index contributed by atoms with van der Waals surface area (Å²) in [5.41, 5.74) is 0.385. The van der Waals surface area contributed by atoms with Crippen molar-refractivity contribution < 1.29 is 29.3 Å². The van der Waals surface area contributed by atoms with Crippen molar-refractivity contribution in [2.75, 3.05) is 13.1 Å². The Morgan fingerprint density at radius 1 is 1.41 bits per heavy atom. The molecule has 2 aliphatic heterocycles. The summed E-state index contributed by atoms with van der Waals surface area (Å²) in [6, 6.07) is 3.24. The van der Waals surface area contributed by atoms with E-state index in [1.165, 1.54) is 11.3 Å². The van der Waals surface area contributed by atoms with E-state index in [0.717, 1.165) is 0 Å². The first-order valence-corrected chi connectivity index (χ1v) is 9.30. The number of ether oxygens (including phenoxy) is 1. The summed E-state index contributed by atoms with van der Waals surface area (Å²) in [5, 5.41) is 39.7. The number of aryl methyl sites for hydroxylation is 1. The third-order valence-electron chi connectivity index (χ3n) is 4.60. The minimum Gasteiger partial charge on any atom is -0.669 e. The number of amidine groups is 1. The van der Waals surface area contributed by atoms with Gasteiger partial charge in [0.25, 0.3) is 0 Å². The number of nitrogens with zero attached hydrogens (tertiary/aromatic N) is 2. The Kier molecular flexibility index (Phi) is 4.29. The molecule has 1 fully saturated rings. The Morgan fingerprint density at radius 3 is 2.85 bits per heavy atom. The van der Waals surface area contributed by atoms with E-state index < -0.39 is 12.7 Å². The van der Waals surface area contributed by atoms with E-state index in [0.29, 0.717) is 35.9 Å². The Bertz CT molecular complexity index is 898. The maximum absolute atomic E-state index is 11.8. The highest BCUT2D eigenvalue weighted by Gasteiger charge is 2.36. The summed E-state index contributed by atoms with van der Waals surface area (Å²) < 4.78 is 11.0. The van der Waals surface area contributed by atoms with Gasteiger partial charge in [-0.05, 0) is 18.1 Å². The van der Waals surface area contributed by atoms with Gasteiger partial charge in [0.1, 0.15) is 17.4 Å². The van der Waals surface area contributed by atoms with Gasteiger partial charge >= 0.3 is 12.7 Å². The van der Waals surface area contributed by atoms with Gasteiger partial charge in [0.2, 0.25) is 0 Å². The third-order valence-corrected chi connectivity index (χ3v) is 5.38. The third kappa shape index (κ3) is 3.36. The molecule has 2 aromatic rings. The number of hydrogen-bond acceptors (Lipinski definition) is 8. The second-order valence-corrected chi connectivity index (χ2v) is 7.47. The lowest BCUT2D eigenvalue weighted by Crippen LogP contribution is -2.56. The molecule has 0 unspecified atom stereocenters. The first-order chi connectivity index (χ1) is 12.8. The highest BCUT2D eigenvalue weighted by molar-refractivity contribution is 7.11. The molecule has 4 N–H and O–H groups in total. The molecule has 9 nitrogen and oxygen atoms in total. The van der Waals surface area contributed by atoms with Gasteiger partial charge in [-0.3, -0.25) is 5.41 Å². The molecule has 27 heavy (non-hydrogen) atoms. The molecule has 0 bridgehead atoms. The number of likely N-dealkylation sites (tertiary alicyclic amines) is 1. The Labute approximate surface area is 158 Å². The van der Waals surface area contributed by atoms with Gasteiger partial charge in [0.15, 0.2) is 10.8 Å². The van der Waals surface area contributed by atoms with Crippen LogP contribution in [0.15, 0.2) is 23.7 Å². The quantitative estimate of drug-likeness (QED) is 0.342. The van der Waals surface area contributed by atoms with Crippen LogP contribution in [-0.4, -0.2) is 62.8 Å². The molecule has 0 atom stereocenters. The number of thiazole rings is 1. The largest absolute Gasteiger partial charge is 0.669 e. The number of nitrogens with one attached hydrogen (secondary N) is 1. The van der Waals surface area contributed by atoms with Gasteiger partial charge in [0.05, 0.1) is 18.8 Å². The lowest BCUT2D eigenvalue weighted by molar-refractivity contribution is 0.0596. The summed E-state index contributed by atoms with van der Waals surface area (Å²) in [7, 11) is 0. The number of benzene rings is 1. The standard InChI is InChI=1S/C16H17BN3O6S/c18-14(15-19-5-6-27-15)20-7-10(8-20)25-11-2-1-9-3-4-17(23,24)26-13(9)12(11)16(21)22/h1-2,5-6,10,18,23-24H,3-4,7-8H2,(H,21,22)/q-1. The van der Waals surface area contributed by atoms with Gasteiger partial charge in [-0.25, -0.2) is 9.78 Å². The maximum atomic E-state index is 11.8. The summed E-state index contributed by atoms with van der Waals surface area (Å²) in [4.78, 5) is 17.6. The Balaban J connectivity index is 1.50. The van der Waals surface area contributed by atoms with Gasteiger partial charge in [-0.15, -0.1) is 11.3 Å². The molecule has 1 aromatic carbocycles. The number of aromatic carboxylic acids is 1. The highest BCUT2D eigenvalue weighted by Crippen LogP contribution is 2.39. The number of carboxylic acid groups (broad SMARTS) is 1. The Morgan fingerprint density at radius 2 is 2.19 bits per heavy atom. The predicted octanol–water partition coefficient (Wildman–Crippen LogP) is 0.788. The van der Waals surface area contributed by atoms with Crippen LogP contribution in [0.5, 0.6) is 11.5 Å². The van der Waals surface area contributed by atoms with Crippen molar-refractivity contribution in [2.24, 2.45) is 0 Å². The average molecular weight is 390 g/mol. The molecule has 3 heterocycles. The van der Waals surface area contributed by atoms with Crippen molar-refractivity contribution >= 4 is 29.9 Å². The lowest BCUT2D eigenvalue weighted by Gasteiger charge is -2.41. The number of fused-ring (bicyclic) bond motifs is 1. The first kappa shape index (κ1) is 17.8. The summed E-state index contributed by atoms with van der Waals surface area (Å²) in [5.74, 6) is -0.893. The minimum absolute atomic E-state index is 0.0166. The fourth-order valence-electron chi connectivity index (χ4n) is 3.18. The number of carboxylic acids is 1. The molecule has 0 spiro atoms. The van der Waals surface area contributed by atoms with E-state index in [4.69, 9.17) is 14.8 Å². The molecule has 0 radical (unpaired) electrons. The van der Waals surface area contributed by atoms with Gasteiger partial charge in [0, 0.05) is 11.6 Å². The number of aromatic nitrogens is 1. The molecule has 11 heteroatoms. The molecule has 0 amide bonds. The highest BCUT2D eigenvalue weighted by atomic mass is 32.1. The van der Waals surface area contributed by atoms with Crippen LogP contribution in [0.4, 0.5) is 0 Å². The van der Waals surface area contributed by atoms with E-state index in [1.54, 1.807) is 28.6 Å². The lowest BCUT2D eigenvalue weighted by atomic mass is 9.70. The first-order valence-electron chi connectivity index (χ1n) is 8.42. The molecule has 2 aliphatic rings. The molecule has 0 saturated carbocycles. The van der Waals surface area contributed by atoms with Crippen molar-refractivity contribution in [3.63, 3.8) is 0 Å². The van der Waals surface area contributed by atoms with Crippen LogP contribution < -0.4 is 9.39 Å². The monoisotopic (exact) mass is 390 g/mol. The smallest absolute Gasteiger partial charge is 0.430 e. The fourth-order valence-corrected chi connectivity index (χ4v) is 3.79. The SMILES string of the molecule is N=C(c1nccs1)N1CC(Oc2ccc3c(c2C(=O)O)O[B-](O)(O)CC3)C1. The Hall–Kier alpha value is -2.63. The van der Waals surface area contributed by atoms with Crippen LogP contribution in [0.1, 0.15) is 20.9 Å². The molecule has 4 rings (SSSR count). The van der Waals surface area contributed by atoms with Gasteiger partial charge in [-0.1, -0.05) is 12.4 Å².